The zero-order valence-electron chi connectivity index (χ0n) is 15.6. The van der Waals surface area contributed by atoms with Gasteiger partial charge in [-0.15, -0.1) is 0 Å². The molecule has 2 nitrogen and oxygen atoms in total. The van der Waals surface area contributed by atoms with E-state index in [9.17, 15) is 0 Å². The molecular formula is C23H29NO. The van der Waals surface area contributed by atoms with Gasteiger partial charge in [-0.2, -0.15) is 0 Å². The van der Waals surface area contributed by atoms with Gasteiger partial charge in [-0.3, -0.25) is 0 Å². The number of benzene rings is 2. The zero-order chi connectivity index (χ0) is 17.6. The maximum Gasteiger partial charge on any atom is 0.118 e. The summed E-state index contributed by atoms with van der Waals surface area (Å²) in [6, 6.07) is 17.7. The first-order valence-corrected chi connectivity index (χ1v) is 9.31. The number of anilines is 1. The summed E-state index contributed by atoms with van der Waals surface area (Å²) in [6.07, 6.45) is 9.68. The van der Waals surface area contributed by atoms with Gasteiger partial charge in [-0.1, -0.05) is 56.2 Å². The minimum atomic E-state index is 0.685. The maximum atomic E-state index is 5.20. The third-order valence-corrected chi connectivity index (χ3v) is 5.34. The summed E-state index contributed by atoms with van der Waals surface area (Å²) >= 11 is 0. The highest BCUT2D eigenvalue weighted by Gasteiger charge is 2.22. The fourth-order valence-corrected chi connectivity index (χ4v) is 3.69. The van der Waals surface area contributed by atoms with Gasteiger partial charge in [0.15, 0.2) is 0 Å². The predicted molar refractivity (Wildman–Crippen MR) is 108 cm³/mol. The van der Waals surface area contributed by atoms with E-state index in [0.29, 0.717) is 6.04 Å². The molecule has 2 aromatic rings. The van der Waals surface area contributed by atoms with Gasteiger partial charge in [0.2, 0.25) is 0 Å². The molecule has 2 heteroatoms. The van der Waals surface area contributed by atoms with E-state index in [0.717, 1.165) is 11.7 Å². The Balaban J connectivity index is 1.63. The van der Waals surface area contributed by atoms with Crippen LogP contribution in [0.5, 0.6) is 5.75 Å². The van der Waals surface area contributed by atoms with E-state index in [1.807, 2.05) is 12.1 Å². The first kappa shape index (κ1) is 17.6. The second-order valence-corrected chi connectivity index (χ2v) is 7.23. The van der Waals surface area contributed by atoms with Gasteiger partial charge in [0.05, 0.1) is 7.11 Å². The molecule has 132 valence electrons. The molecule has 3 rings (SSSR count). The van der Waals surface area contributed by atoms with E-state index in [4.69, 9.17) is 4.74 Å². The highest BCUT2D eigenvalue weighted by atomic mass is 16.5. The number of nitrogens with zero attached hydrogens (tertiary/aromatic N) is 1. The van der Waals surface area contributed by atoms with Crippen molar-refractivity contribution < 1.29 is 4.74 Å². The van der Waals surface area contributed by atoms with Crippen molar-refractivity contribution in [2.45, 2.75) is 38.6 Å². The molecule has 0 amide bonds. The number of hydrogen-bond donors (Lipinski definition) is 0. The molecule has 0 spiro atoms. The lowest BCUT2D eigenvalue weighted by atomic mass is 9.86. The van der Waals surface area contributed by atoms with Crippen molar-refractivity contribution in [2.24, 2.45) is 5.92 Å². The van der Waals surface area contributed by atoms with E-state index in [-0.39, 0.29) is 0 Å². The van der Waals surface area contributed by atoms with Crippen molar-refractivity contribution in [3.8, 4) is 5.75 Å². The molecule has 0 heterocycles. The molecule has 2 unspecified atom stereocenters. The van der Waals surface area contributed by atoms with E-state index >= 15 is 0 Å². The molecule has 2 atom stereocenters. The standard InChI is InChI=1S/C23H29NO/c1-18-5-4-6-22(17-18)24(2)21-13-9-19(10-14-21)7-8-20-11-15-23(25-3)16-12-20/h7-16,18,22H,4-6,17H2,1-3H3. The van der Waals surface area contributed by atoms with E-state index in [1.165, 1.54) is 42.5 Å². The van der Waals surface area contributed by atoms with Crippen LogP contribution in [0, 0.1) is 5.92 Å². The summed E-state index contributed by atoms with van der Waals surface area (Å²) < 4.78 is 5.20. The molecule has 25 heavy (non-hydrogen) atoms. The quantitative estimate of drug-likeness (QED) is 0.633. The van der Waals surface area contributed by atoms with Crippen LogP contribution in [0.3, 0.4) is 0 Å². The fraction of sp³-hybridized carbons (Fsp3) is 0.391. The van der Waals surface area contributed by atoms with Gasteiger partial charge in [-0.25, -0.2) is 0 Å². The molecule has 1 fully saturated rings. The van der Waals surface area contributed by atoms with E-state index < -0.39 is 0 Å². The first-order valence-electron chi connectivity index (χ1n) is 9.31. The molecule has 0 aliphatic heterocycles. The van der Waals surface area contributed by atoms with Gasteiger partial charge in [-0.05, 0) is 54.2 Å². The molecule has 2 aromatic carbocycles. The van der Waals surface area contributed by atoms with Gasteiger partial charge in [0, 0.05) is 18.8 Å². The molecule has 1 saturated carbocycles. The number of hydrogen-bond acceptors (Lipinski definition) is 2. The lowest BCUT2D eigenvalue weighted by Gasteiger charge is -2.35. The van der Waals surface area contributed by atoms with Crippen molar-refractivity contribution in [1.82, 2.24) is 0 Å². The summed E-state index contributed by atoms with van der Waals surface area (Å²) in [7, 11) is 3.93. The van der Waals surface area contributed by atoms with Crippen molar-refractivity contribution in [1.29, 1.82) is 0 Å². The van der Waals surface area contributed by atoms with Crippen LogP contribution in [-0.4, -0.2) is 20.2 Å². The Hall–Kier alpha value is -2.22. The monoisotopic (exact) mass is 335 g/mol. The smallest absolute Gasteiger partial charge is 0.118 e. The molecule has 1 aliphatic carbocycles. The van der Waals surface area contributed by atoms with Crippen LogP contribution in [0.2, 0.25) is 0 Å². The SMILES string of the molecule is COc1ccc(C=Cc2ccc(N(C)C3CCCC(C)C3)cc2)cc1. The first-order chi connectivity index (χ1) is 12.2. The van der Waals surface area contributed by atoms with Crippen molar-refractivity contribution in [2.75, 3.05) is 19.1 Å². The van der Waals surface area contributed by atoms with Crippen LogP contribution in [0.25, 0.3) is 12.2 Å². The molecule has 0 bridgehead atoms. The van der Waals surface area contributed by atoms with E-state index in [2.05, 4.69) is 67.4 Å². The Morgan fingerprint density at radius 1 is 0.920 bits per heavy atom. The highest BCUT2D eigenvalue weighted by Crippen LogP contribution is 2.29. The van der Waals surface area contributed by atoms with Gasteiger partial charge in [0.25, 0.3) is 0 Å². The average Bonchev–Trinajstić information content (AvgIpc) is 2.66. The van der Waals surface area contributed by atoms with Crippen LogP contribution in [-0.2, 0) is 0 Å². The minimum Gasteiger partial charge on any atom is -0.497 e. The molecule has 0 saturated heterocycles. The topological polar surface area (TPSA) is 12.5 Å². The Morgan fingerprint density at radius 2 is 1.52 bits per heavy atom. The van der Waals surface area contributed by atoms with Crippen LogP contribution in [0.4, 0.5) is 5.69 Å². The number of ether oxygens (including phenoxy) is 1. The number of rotatable bonds is 5. The summed E-state index contributed by atoms with van der Waals surface area (Å²) in [4.78, 5) is 2.46. The Bertz CT molecular complexity index is 687. The largest absolute Gasteiger partial charge is 0.497 e. The second-order valence-electron chi connectivity index (χ2n) is 7.23. The third kappa shape index (κ3) is 4.66. The maximum absolute atomic E-state index is 5.20. The van der Waals surface area contributed by atoms with Crippen LogP contribution in [0.1, 0.15) is 43.7 Å². The lowest BCUT2D eigenvalue weighted by molar-refractivity contribution is 0.336. The van der Waals surface area contributed by atoms with Crippen molar-refractivity contribution >= 4 is 17.8 Å². The average molecular weight is 335 g/mol. The Morgan fingerprint density at radius 3 is 2.08 bits per heavy atom. The minimum absolute atomic E-state index is 0.685. The predicted octanol–water partition coefficient (Wildman–Crippen LogP) is 5.88. The molecular weight excluding hydrogens is 306 g/mol. The highest BCUT2D eigenvalue weighted by molar-refractivity contribution is 5.70. The lowest BCUT2D eigenvalue weighted by Crippen LogP contribution is -2.35. The summed E-state index contributed by atoms with van der Waals surface area (Å²) in [5.41, 5.74) is 3.73. The third-order valence-electron chi connectivity index (χ3n) is 5.34. The second kappa shape index (κ2) is 8.24. The fourth-order valence-electron chi connectivity index (χ4n) is 3.69. The molecule has 0 N–H and O–H groups in total. The van der Waals surface area contributed by atoms with Gasteiger partial charge >= 0.3 is 0 Å². The summed E-state index contributed by atoms with van der Waals surface area (Å²) in [6.45, 7) is 2.38. The summed E-state index contributed by atoms with van der Waals surface area (Å²) in [5, 5.41) is 0. The van der Waals surface area contributed by atoms with Gasteiger partial charge < -0.3 is 9.64 Å². The van der Waals surface area contributed by atoms with Crippen molar-refractivity contribution in [3.05, 3.63) is 59.7 Å². The Labute approximate surface area is 152 Å². The van der Waals surface area contributed by atoms with E-state index in [1.54, 1.807) is 7.11 Å². The molecule has 0 radical (unpaired) electrons. The summed E-state index contributed by atoms with van der Waals surface area (Å²) in [5.74, 6) is 1.74. The van der Waals surface area contributed by atoms with Crippen molar-refractivity contribution in [3.63, 3.8) is 0 Å². The number of methoxy groups -OCH3 is 1. The van der Waals surface area contributed by atoms with Crippen LogP contribution < -0.4 is 9.64 Å². The molecule has 1 aliphatic rings. The Kier molecular flexibility index (Phi) is 5.80. The van der Waals surface area contributed by atoms with Crippen LogP contribution >= 0.6 is 0 Å². The zero-order valence-corrected chi connectivity index (χ0v) is 15.6. The van der Waals surface area contributed by atoms with Crippen LogP contribution in [0.15, 0.2) is 48.5 Å². The van der Waals surface area contributed by atoms with Gasteiger partial charge in [0.1, 0.15) is 5.75 Å². The molecule has 0 aromatic heterocycles. The normalized spacial score (nSPS) is 20.6.